The number of nitrogens with zero attached hydrogens (tertiary/aromatic N) is 5. The van der Waals surface area contributed by atoms with Crippen molar-refractivity contribution in [2.75, 3.05) is 24.6 Å². The Bertz CT molecular complexity index is 1220. The molecule has 2 atom stereocenters. The first-order valence-electron chi connectivity index (χ1n) is 10.4. The van der Waals surface area contributed by atoms with Gasteiger partial charge in [-0.15, -0.1) is 0 Å². The molecule has 0 saturated carbocycles. The van der Waals surface area contributed by atoms with Crippen molar-refractivity contribution >= 4 is 46.4 Å². The molecule has 10 heteroatoms. The lowest BCUT2D eigenvalue weighted by molar-refractivity contribution is 0.0974. The van der Waals surface area contributed by atoms with E-state index >= 15 is 0 Å². The summed E-state index contributed by atoms with van der Waals surface area (Å²) in [5.74, 6) is 0.853. The molecule has 5 rings (SSSR count). The first-order chi connectivity index (χ1) is 15.4. The quantitative estimate of drug-likeness (QED) is 0.583. The zero-order valence-electron chi connectivity index (χ0n) is 17.5. The topological polar surface area (TPSA) is 92.5 Å². The van der Waals surface area contributed by atoms with Gasteiger partial charge in [-0.2, -0.15) is 14.9 Å². The molecule has 2 saturated heterocycles. The summed E-state index contributed by atoms with van der Waals surface area (Å²) < 4.78 is 7.65. The Labute approximate surface area is 200 Å². The molecule has 166 valence electrons. The highest BCUT2D eigenvalue weighted by Gasteiger charge is 2.47. The highest BCUT2D eigenvalue weighted by atomic mass is 35.5. The minimum Gasteiger partial charge on any atom is -0.376 e. The lowest BCUT2D eigenvalue weighted by Crippen LogP contribution is -2.51. The molecule has 4 heterocycles. The van der Waals surface area contributed by atoms with E-state index in [9.17, 15) is 5.26 Å². The minimum absolute atomic E-state index is 0.0224. The van der Waals surface area contributed by atoms with Crippen LogP contribution < -0.4 is 10.6 Å². The fourth-order valence-electron chi connectivity index (χ4n) is 4.68. The molecule has 0 radical (unpaired) electrons. The van der Waals surface area contributed by atoms with Crippen LogP contribution in [0.5, 0.6) is 0 Å². The number of hydrogen-bond donors (Lipinski definition) is 1. The second-order valence-corrected chi connectivity index (χ2v) is 10.2. The number of halogens is 2. The van der Waals surface area contributed by atoms with Crippen LogP contribution in [-0.4, -0.2) is 46.4 Å². The summed E-state index contributed by atoms with van der Waals surface area (Å²) in [5.41, 5.74) is 7.64. The van der Waals surface area contributed by atoms with Crippen LogP contribution in [0.3, 0.4) is 0 Å². The van der Waals surface area contributed by atoms with Crippen LogP contribution >= 0.6 is 35.0 Å². The van der Waals surface area contributed by atoms with E-state index in [-0.39, 0.29) is 17.6 Å². The van der Waals surface area contributed by atoms with Crippen LogP contribution in [0, 0.1) is 16.7 Å². The first kappa shape index (κ1) is 21.8. The predicted octanol–water partition coefficient (Wildman–Crippen LogP) is 4.39. The van der Waals surface area contributed by atoms with Gasteiger partial charge >= 0.3 is 0 Å². The lowest BCUT2D eigenvalue weighted by atomic mass is 9.73. The standard InChI is InChI=1S/C22H22Cl2N6OS/c1-13-20(26)22(11-31-13)5-7-29(8-6-22)17-9-14(10-25)19(21-27-12-28-30(17)21)32-16-4-2-3-15(23)18(16)24/h2-4,9,12-13,20H,5-8,11,26H2,1H3/t13-,20+/m0/s1. The molecule has 32 heavy (non-hydrogen) atoms. The van der Waals surface area contributed by atoms with Crippen LogP contribution in [0.25, 0.3) is 5.65 Å². The summed E-state index contributed by atoms with van der Waals surface area (Å²) in [6.07, 6.45) is 3.47. The molecule has 7 nitrogen and oxygen atoms in total. The van der Waals surface area contributed by atoms with Gasteiger partial charge < -0.3 is 15.4 Å². The molecule has 1 spiro atoms. The number of nitrogens with two attached hydrogens (primary N) is 1. The molecule has 2 fully saturated rings. The maximum absolute atomic E-state index is 9.94. The monoisotopic (exact) mass is 488 g/mol. The number of piperidine rings is 1. The minimum atomic E-state index is 0.0224. The van der Waals surface area contributed by atoms with Crippen molar-refractivity contribution in [2.45, 2.75) is 41.7 Å². The number of ether oxygens (including phenoxy) is 1. The Morgan fingerprint density at radius 3 is 2.78 bits per heavy atom. The average molecular weight is 489 g/mol. The van der Waals surface area contributed by atoms with Crippen molar-refractivity contribution in [1.82, 2.24) is 14.6 Å². The van der Waals surface area contributed by atoms with Gasteiger partial charge in [-0.05, 0) is 38.0 Å². The summed E-state index contributed by atoms with van der Waals surface area (Å²) >= 11 is 13.9. The number of nitriles is 1. The van der Waals surface area contributed by atoms with Crippen molar-refractivity contribution in [3.05, 3.63) is 46.2 Å². The molecule has 2 N–H and O–H groups in total. The summed E-state index contributed by atoms with van der Waals surface area (Å²) in [6.45, 7) is 4.39. The molecule has 3 aromatic rings. The van der Waals surface area contributed by atoms with Gasteiger partial charge in [0.1, 0.15) is 18.2 Å². The third-order valence-electron chi connectivity index (χ3n) is 6.66. The Morgan fingerprint density at radius 2 is 2.09 bits per heavy atom. The van der Waals surface area contributed by atoms with Crippen molar-refractivity contribution < 1.29 is 4.74 Å². The normalized spacial score (nSPS) is 22.5. The third kappa shape index (κ3) is 3.53. The number of hydrogen-bond acceptors (Lipinski definition) is 7. The first-order valence-corrected chi connectivity index (χ1v) is 12.0. The van der Waals surface area contributed by atoms with Gasteiger partial charge in [0, 0.05) is 29.4 Å². The van der Waals surface area contributed by atoms with E-state index in [2.05, 4.69) is 21.1 Å². The van der Waals surface area contributed by atoms with Crippen molar-refractivity contribution in [2.24, 2.45) is 11.1 Å². The number of benzene rings is 1. The molecule has 1 aromatic carbocycles. The number of aromatic nitrogens is 3. The van der Waals surface area contributed by atoms with E-state index in [1.807, 2.05) is 25.1 Å². The van der Waals surface area contributed by atoms with Crippen LogP contribution in [-0.2, 0) is 4.74 Å². The molecule has 2 aliphatic heterocycles. The van der Waals surface area contributed by atoms with Crippen LogP contribution in [0.1, 0.15) is 25.3 Å². The molecular formula is C22H22Cl2N6OS. The van der Waals surface area contributed by atoms with Crippen LogP contribution in [0.4, 0.5) is 5.82 Å². The van der Waals surface area contributed by atoms with Gasteiger partial charge in [-0.3, -0.25) is 0 Å². The highest BCUT2D eigenvalue weighted by Crippen LogP contribution is 2.44. The molecule has 0 unspecified atom stereocenters. The van der Waals surface area contributed by atoms with E-state index in [0.29, 0.717) is 32.8 Å². The van der Waals surface area contributed by atoms with E-state index in [0.717, 1.165) is 36.6 Å². The SMILES string of the molecule is C[C@@H]1OCC2(CCN(c3cc(C#N)c(Sc4cccc(Cl)c4Cl)c4ncnn34)CC2)[C@@H]1N. The van der Waals surface area contributed by atoms with E-state index in [1.165, 1.54) is 18.1 Å². The Morgan fingerprint density at radius 1 is 1.31 bits per heavy atom. The summed E-state index contributed by atoms with van der Waals surface area (Å²) in [7, 11) is 0. The zero-order valence-corrected chi connectivity index (χ0v) is 19.8. The second-order valence-electron chi connectivity index (χ2n) is 8.40. The fourth-order valence-corrected chi connectivity index (χ4v) is 6.16. The molecule has 0 bridgehead atoms. The van der Waals surface area contributed by atoms with Gasteiger partial charge in [0.15, 0.2) is 5.65 Å². The van der Waals surface area contributed by atoms with Crippen LogP contribution in [0.2, 0.25) is 10.0 Å². The second kappa shape index (κ2) is 8.40. The van der Waals surface area contributed by atoms with Crippen molar-refractivity contribution in [1.29, 1.82) is 5.26 Å². The highest BCUT2D eigenvalue weighted by molar-refractivity contribution is 7.99. The summed E-state index contributed by atoms with van der Waals surface area (Å²) in [4.78, 5) is 8.18. The molecule has 0 amide bonds. The van der Waals surface area contributed by atoms with Crippen molar-refractivity contribution in [3.8, 4) is 6.07 Å². The van der Waals surface area contributed by atoms with Crippen LogP contribution in [0.15, 0.2) is 40.4 Å². The number of anilines is 1. The summed E-state index contributed by atoms with van der Waals surface area (Å²) in [5, 5.41) is 15.3. The van der Waals surface area contributed by atoms with E-state index < -0.39 is 0 Å². The van der Waals surface area contributed by atoms with Gasteiger partial charge in [-0.25, -0.2) is 4.98 Å². The predicted molar refractivity (Wildman–Crippen MR) is 126 cm³/mol. The number of pyridine rings is 1. The smallest absolute Gasteiger partial charge is 0.172 e. The maximum atomic E-state index is 9.94. The molecule has 2 aromatic heterocycles. The maximum Gasteiger partial charge on any atom is 0.172 e. The number of rotatable bonds is 3. The fraction of sp³-hybridized carbons (Fsp3) is 0.409. The molecule has 2 aliphatic rings. The lowest BCUT2D eigenvalue weighted by Gasteiger charge is -2.42. The van der Waals surface area contributed by atoms with Gasteiger partial charge in [0.25, 0.3) is 0 Å². The Hall–Kier alpha value is -2.02. The van der Waals surface area contributed by atoms with Gasteiger partial charge in [0.2, 0.25) is 0 Å². The molecular weight excluding hydrogens is 467 g/mol. The third-order valence-corrected chi connectivity index (χ3v) is 8.76. The summed E-state index contributed by atoms with van der Waals surface area (Å²) in [6, 6.07) is 9.70. The Balaban J connectivity index is 1.49. The van der Waals surface area contributed by atoms with Gasteiger partial charge in [0.05, 0.1) is 33.2 Å². The van der Waals surface area contributed by atoms with Gasteiger partial charge in [-0.1, -0.05) is 41.0 Å². The molecule has 0 aliphatic carbocycles. The van der Waals surface area contributed by atoms with E-state index in [1.54, 1.807) is 10.6 Å². The number of fused-ring (bicyclic) bond motifs is 1. The van der Waals surface area contributed by atoms with Crippen molar-refractivity contribution in [3.63, 3.8) is 0 Å². The largest absolute Gasteiger partial charge is 0.376 e. The Kier molecular flexibility index (Phi) is 5.72. The van der Waals surface area contributed by atoms with E-state index in [4.69, 9.17) is 33.7 Å². The average Bonchev–Trinajstić information content (AvgIpc) is 3.39. The zero-order chi connectivity index (χ0) is 22.5.